The Morgan fingerprint density at radius 1 is 1.27 bits per heavy atom. The first-order valence-corrected chi connectivity index (χ1v) is 11.3. The second-order valence-corrected chi connectivity index (χ2v) is 9.15. The van der Waals surface area contributed by atoms with Gasteiger partial charge in [0.25, 0.3) is 0 Å². The van der Waals surface area contributed by atoms with Crippen molar-refractivity contribution in [2.24, 2.45) is 0 Å². The number of fused-ring (bicyclic) bond motifs is 3. The maximum absolute atomic E-state index is 10.8. The molecule has 6 nitrogen and oxygen atoms in total. The van der Waals surface area contributed by atoms with Crippen LogP contribution in [0.3, 0.4) is 0 Å². The summed E-state index contributed by atoms with van der Waals surface area (Å²) in [5.74, 6) is -0.101. The van der Waals surface area contributed by atoms with Crippen molar-refractivity contribution in [2.45, 2.75) is 45.3 Å². The van der Waals surface area contributed by atoms with Crippen molar-refractivity contribution < 1.29 is 14.6 Å². The predicted octanol–water partition coefficient (Wildman–Crippen LogP) is 4.32. The molecule has 9 heteroatoms. The average Bonchev–Trinajstić information content (AvgIpc) is 3.11. The fraction of sp³-hybridized carbons (Fsp3) is 0.381. The number of carbonyl (C=O) groups is 1. The summed E-state index contributed by atoms with van der Waals surface area (Å²) in [4.78, 5) is 22.4. The minimum absolute atomic E-state index is 0.444. The molecule has 1 unspecified atom stereocenters. The monoisotopic (exact) mass is 464 g/mol. The van der Waals surface area contributed by atoms with E-state index in [0.717, 1.165) is 40.9 Å². The molecule has 1 atom stereocenters. The third-order valence-corrected chi connectivity index (χ3v) is 7.02. The van der Waals surface area contributed by atoms with Gasteiger partial charge in [0.15, 0.2) is 5.82 Å². The van der Waals surface area contributed by atoms with Gasteiger partial charge in [-0.2, -0.15) is 0 Å². The zero-order valence-electron chi connectivity index (χ0n) is 16.3. The highest BCUT2D eigenvalue weighted by atomic mass is 35.5. The summed E-state index contributed by atoms with van der Waals surface area (Å²) >= 11 is 13.8. The molecule has 0 amide bonds. The van der Waals surface area contributed by atoms with E-state index in [9.17, 15) is 9.90 Å². The quantitative estimate of drug-likeness (QED) is 0.560. The van der Waals surface area contributed by atoms with Gasteiger partial charge in [-0.3, -0.25) is 0 Å². The second-order valence-electron chi connectivity index (χ2n) is 7.25. The van der Waals surface area contributed by atoms with Gasteiger partial charge >= 0.3 is 0 Å². The van der Waals surface area contributed by atoms with Crippen LogP contribution < -0.4 is 10.4 Å². The molecular formula is C21H20Cl2N3O3S-. The number of aryl methyl sites for hydroxylation is 2. The van der Waals surface area contributed by atoms with Gasteiger partial charge in [0.05, 0.1) is 28.0 Å². The summed E-state index contributed by atoms with van der Waals surface area (Å²) in [6, 6.07) is 5.50. The third kappa shape index (κ3) is 4.54. The lowest BCUT2D eigenvalue weighted by atomic mass is 9.97. The van der Waals surface area contributed by atoms with Crippen molar-refractivity contribution in [3.05, 3.63) is 50.1 Å². The van der Waals surface area contributed by atoms with Crippen molar-refractivity contribution in [1.82, 2.24) is 9.97 Å². The summed E-state index contributed by atoms with van der Waals surface area (Å²) < 4.78 is 5.34. The molecule has 1 aliphatic rings. The Morgan fingerprint density at radius 2 is 2.07 bits per heavy atom. The van der Waals surface area contributed by atoms with E-state index in [2.05, 4.69) is 10.3 Å². The lowest BCUT2D eigenvalue weighted by molar-refractivity contribution is -0.310. The molecule has 158 valence electrons. The molecule has 30 heavy (non-hydrogen) atoms. The van der Waals surface area contributed by atoms with Crippen LogP contribution in [0, 0.1) is 0 Å². The molecule has 4 rings (SSSR count). The smallest absolute Gasteiger partial charge is 0.160 e. The molecule has 1 aromatic carbocycles. The molecule has 0 fully saturated rings. The fourth-order valence-corrected chi connectivity index (χ4v) is 5.18. The topological polar surface area (TPSA) is 87.2 Å². The minimum atomic E-state index is -1.27. The Hall–Kier alpha value is -1.93. The molecule has 0 aliphatic heterocycles. The van der Waals surface area contributed by atoms with Gasteiger partial charge in [-0.05, 0) is 55.9 Å². The Labute approximate surface area is 188 Å². The molecular weight excluding hydrogens is 445 g/mol. The Bertz CT molecular complexity index is 1100. The van der Waals surface area contributed by atoms with Crippen LogP contribution in [0.15, 0.2) is 18.2 Å². The normalized spacial score (nSPS) is 14.5. The molecule has 0 saturated carbocycles. The zero-order valence-corrected chi connectivity index (χ0v) is 18.7. The molecule has 0 spiro atoms. The molecule has 2 heterocycles. The number of carbonyl (C=O) groups excluding carboxylic acids is 1. The number of hydrogen-bond donors (Lipinski definition) is 1. The van der Waals surface area contributed by atoms with E-state index in [0.29, 0.717) is 22.4 Å². The van der Waals surface area contributed by atoms with Crippen LogP contribution >= 0.6 is 34.5 Å². The maximum Gasteiger partial charge on any atom is 0.160 e. The van der Waals surface area contributed by atoms with Crippen LogP contribution in [0.25, 0.3) is 10.2 Å². The van der Waals surface area contributed by atoms with E-state index in [1.54, 1.807) is 24.3 Å². The number of hydrogen-bond acceptors (Lipinski definition) is 7. The number of aliphatic carboxylic acids is 1. The lowest BCUT2D eigenvalue weighted by Crippen LogP contribution is -2.28. The van der Waals surface area contributed by atoms with E-state index >= 15 is 0 Å². The minimum Gasteiger partial charge on any atom is -0.548 e. The van der Waals surface area contributed by atoms with Crippen LogP contribution in [0.2, 0.25) is 10.0 Å². The highest BCUT2D eigenvalue weighted by Crippen LogP contribution is 2.39. The van der Waals surface area contributed by atoms with Crippen LogP contribution in [0.5, 0.6) is 0 Å². The zero-order chi connectivity index (χ0) is 21.3. The maximum atomic E-state index is 10.8. The number of thiophene rings is 1. The number of halogens is 2. The molecule has 0 saturated heterocycles. The van der Waals surface area contributed by atoms with Crippen molar-refractivity contribution in [1.29, 1.82) is 0 Å². The molecule has 1 aliphatic carbocycles. The first-order valence-electron chi connectivity index (χ1n) is 9.74. The van der Waals surface area contributed by atoms with Gasteiger partial charge in [-0.1, -0.05) is 29.3 Å². The summed E-state index contributed by atoms with van der Waals surface area (Å²) in [5.41, 5.74) is 2.29. The van der Waals surface area contributed by atoms with Gasteiger partial charge in [-0.25, -0.2) is 9.97 Å². The Morgan fingerprint density at radius 3 is 2.83 bits per heavy atom. The number of carboxylic acid groups (broad SMARTS) is 1. The number of aromatic nitrogens is 2. The summed E-state index contributed by atoms with van der Waals surface area (Å²) in [6.07, 6.45) is 3.82. The third-order valence-electron chi connectivity index (χ3n) is 5.09. The highest BCUT2D eigenvalue weighted by molar-refractivity contribution is 7.19. The van der Waals surface area contributed by atoms with Crippen LogP contribution in [0.4, 0.5) is 5.82 Å². The Balaban J connectivity index is 1.69. The average molecular weight is 465 g/mol. The van der Waals surface area contributed by atoms with E-state index in [4.69, 9.17) is 32.9 Å². The van der Waals surface area contributed by atoms with Crippen molar-refractivity contribution in [3.8, 4) is 0 Å². The lowest BCUT2D eigenvalue weighted by Gasteiger charge is -2.16. The predicted molar refractivity (Wildman–Crippen MR) is 117 cm³/mol. The molecule has 3 aromatic rings. The van der Waals surface area contributed by atoms with E-state index in [1.165, 1.54) is 16.9 Å². The Kier molecular flexibility index (Phi) is 6.43. The van der Waals surface area contributed by atoms with Gasteiger partial charge in [0.1, 0.15) is 16.8 Å². The fourth-order valence-electron chi connectivity index (χ4n) is 3.59. The summed E-state index contributed by atoms with van der Waals surface area (Å²) in [6.45, 7) is 1.75. The van der Waals surface area contributed by atoms with E-state index in [1.807, 2.05) is 12.1 Å². The standard InChI is InChI=1S/C21H21Cl2N3O3S/c1-11(29-10-17(27)28)19-25-20(24-9-12-6-7-14(22)15(23)8-12)18-13-4-2-3-5-16(13)30-21(18)26-19/h6-8,11H,2-5,9-10H2,1H3,(H,27,28)(H,24,25,26)/p-1. The molecule has 2 aromatic heterocycles. The number of ether oxygens (including phenoxy) is 1. The number of carboxylic acids is 1. The number of anilines is 1. The molecule has 0 radical (unpaired) electrons. The van der Waals surface area contributed by atoms with E-state index in [-0.39, 0.29) is 0 Å². The van der Waals surface area contributed by atoms with Gasteiger partial charge < -0.3 is 20.0 Å². The van der Waals surface area contributed by atoms with Gasteiger partial charge in [0, 0.05) is 11.4 Å². The van der Waals surface area contributed by atoms with Crippen molar-refractivity contribution >= 4 is 56.5 Å². The molecule has 0 bridgehead atoms. The highest BCUT2D eigenvalue weighted by Gasteiger charge is 2.22. The van der Waals surface area contributed by atoms with Crippen molar-refractivity contribution in [3.63, 3.8) is 0 Å². The summed E-state index contributed by atoms with van der Waals surface area (Å²) in [7, 11) is 0. The van der Waals surface area contributed by atoms with Gasteiger partial charge in [0.2, 0.25) is 0 Å². The number of benzene rings is 1. The van der Waals surface area contributed by atoms with E-state index < -0.39 is 18.7 Å². The first kappa shape index (κ1) is 21.3. The van der Waals surface area contributed by atoms with Crippen LogP contribution in [-0.2, 0) is 28.9 Å². The summed E-state index contributed by atoms with van der Waals surface area (Å²) in [5, 5.41) is 16.2. The largest absolute Gasteiger partial charge is 0.548 e. The van der Waals surface area contributed by atoms with Crippen LogP contribution in [-0.4, -0.2) is 22.5 Å². The second kappa shape index (κ2) is 9.06. The number of nitrogens with zero attached hydrogens (tertiary/aromatic N) is 2. The van der Waals surface area contributed by atoms with Crippen molar-refractivity contribution in [2.75, 3.05) is 11.9 Å². The van der Waals surface area contributed by atoms with Crippen LogP contribution in [0.1, 0.15) is 47.7 Å². The molecule has 1 N–H and O–H groups in total. The number of rotatable bonds is 7. The van der Waals surface area contributed by atoms with Gasteiger partial charge in [-0.15, -0.1) is 11.3 Å². The SMILES string of the molecule is CC(OCC(=O)[O-])c1nc(NCc2ccc(Cl)c(Cl)c2)c2c3c(sc2n1)CCCC3. The first-order chi connectivity index (χ1) is 14.4. The number of nitrogens with one attached hydrogen (secondary N) is 1.